The van der Waals surface area contributed by atoms with Crippen LogP contribution < -0.4 is 5.32 Å². The summed E-state index contributed by atoms with van der Waals surface area (Å²) in [5.74, 6) is 2.27. The minimum absolute atomic E-state index is 0.487. The number of aliphatic hydroxyl groups is 1. The molecule has 0 aliphatic heterocycles. The molecule has 17 heavy (non-hydrogen) atoms. The van der Waals surface area contributed by atoms with Crippen molar-refractivity contribution in [2.45, 2.75) is 45.4 Å². The standard InChI is InChI=1S/C15H25NO/c1-12-6-8-13(9-7-12)10-16-11-14-4-2-3-5-15(14)17/h4-5,12-13,16-17H,2-3,6-11H2,1H3. The second kappa shape index (κ2) is 6.25. The van der Waals surface area contributed by atoms with Crippen LogP contribution in [0.1, 0.15) is 45.4 Å². The third kappa shape index (κ3) is 3.88. The molecule has 0 amide bonds. The van der Waals surface area contributed by atoms with Gasteiger partial charge in [-0.2, -0.15) is 0 Å². The van der Waals surface area contributed by atoms with E-state index in [0.29, 0.717) is 5.76 Å². The normalized spacial score (nSPS) is 29.7. The summed E-state index contributed by atoms with van der Waals surface area (Å²) in [6, 6.07) is 0. The van der Waals surface area contributed by atoms with Gasteiger partial charge in [-0.05, 0) is 50.1 Å². The minimum atomic E-state index is 0.487. The van der Waals surface area contributed by atoms with E-state index in [1.54, 1.807) is 0 Å². The number of rotatable bonds is 4. The predicted octanol–water partition coefficient (Wildman–Crippen LogP) is 3.56. The van der Waals surface area contributed by atoms with Gasteiger partial charge in [-0.15, -0.1) is 0 Å². The van der Waals surface area contributed by atoms with Gasteiger partial charge in [0.1, 0.15) is 5.76 Å². The summed E-state index contributed by atoms with van der Waals surface area (Å²) < 4.78 is 0. The maximum absolute atomic E-state index is 9.69. The monoisotopic (exact) mass is 235 g/mol. The van der Waals surface area contributed by atoms with E-state index in [0.717, 1.165) is 43.3 Å². The third-order valence-corrected chi connectivity index (χ3v) is 4.11. The zero-order valence-electron chi connectivity index (χ0n) is 10.9. The van der Waals surface area contributed by atoms with Crippen molar-refractivity contribution in [1.29, 1.82) is 0 Å². The summed E-state index contributed by atoms with van der Waals surface area (Å²) >= 11 is 0. The van der Waals surface area contributed by atoms with Crippen LogP contribution in [0.5, 0.6) is 0 Å². The van der Waals surface area contributed by atoms with Gasteiger partial charge in [-0.1, -0.05) is 25.8 Å². The molecule has 2 rings (SSSR count). The minimum Gasteiger partial charge on any atom is -0.508 e. The first-order valence-corrected chi connectivity index (χ1v) is 7.05. The van der Waals surface area contributed by atoms with Gasteiger partial charge < -0.3 is 10.4 Å². The first-order valence-electron chi connectivity index (χ1n) is 7.05. The molecule has 0 unspecified atom stereocenters. The van der Waals surface area contributed by atoms with Gasteiger partial charge in [0, 0.05) is 12.1 Å². The van der Waals surface area contributed by atoms with Crippen molar-refractivity contribution in [3.63, 3.8) is 0 Å². The van der Waals surface area contributed by atoms with Crippen LogP contribution >= 0.6 is 0 Å². The highest BCUT2D eigenvalue weighted by Gasteiger charge is 2.17. The lowest BCUT2D eigenvalue weighted by molar-refractivity contribution is 0.283. The Bertz CT molecular complexity index is 298. The molecule has 0 saturated heterocycles. The van der Waals surface area contributed by atoms with Gasteiger partial charge in [0.2, 0.25) is 0 Å². The molecule has 0 bridgehead atoms. The van der Waals surface area contributed by atoms with E-state index >= 15 is 0 Å². The Kier molecular flexibility index (Phi) is 4.66. The fourth-order valence-electron chi connectivity index (χ4n) is 2.82. The van der Waals surface area contributed by atoms with E-state index in [9.17, 15) is 5.11 Å². The highest BCUT2D eigenvalue weighted by Crippen LogP contribution is 2.27. The average molecular weight is 235 g/mol. The molecule has 0 aromatic heterocycles. The van der Waals surface area contributed by atoms with E-state index in [-0.39, 0.29) is 0 Å². The molecule has 1 fully saturated rings. The first-order chi connectivity index (χ1) is 8.25. The Hall–Kier alpha value is -0.760. The maximum Gasteiger partial charge on any atom is 0.115 e. The van der Waals surface area contributed by atoms with E-state index < -0.39 is 0 Å². The smallest absolute Gasteiger partial charge is 0.115 e. The van der Waals surface area contributed by atoms with E-state index in [2.05, 4.69) is 18.3 Å². The first kappa shape index (κ1) is 12.7. The molecule has 2 heteroatoms. The molecule has 2 N–H and O–H groups in total. The van der Waals surface area contributed by atoms with Gasteiger partial charge in [0.25, 0.3) is 0 Å². The number of hydrogen-bond acceptors (Lipinski definition) is 2. The highest BCUT2D eigenvalue weighted by atomic mass is 16.3. The largest absolute Gasteiger partial charge is 0.508 e. The summed E-state index contributed by atoms with van der Waals surface area (Å²) in [5, 5.41) is 13.2. The maximum atomic E-state index is 9.69. The quantitative estimate of drug-likeness (QED) is 0.781. The zero-order valence-corrected chi connectivity index (χ0v) is 10.9. The van der Waals surface area contributed by atoms with Gasteiger partial charge in [0.05, 0.1) is 0 Å². The molecule has 0 aromatic rings. The molecule has 2 nitrogen and oxygen atoms in total. The molecule has 2 aliphatic rings. The lowest BCUT2D eigenvalue weighted by Gasteiger charge is -2.26. The number of nitrogens with one attached hydrogen (secondary N) is 1. The van der Waals surface area contributed by atoms with Crippen LogP contribution in [-0.4, -0.2) is 18.2 Å². The lowest BCUT2D eigenvalue weighted by atomic mass is 9.83. The fourth-order valence-corrected chi connectivity index (χ4v) is 2.82. The molecular weight excluding hydrogens is 210 g/mol. The van der Waals surface area contributed by atoms with E-state index in [1.165, 1.54) is 25.7 Å². The van der Waals surface area contributed by atoms with Crippen LogP contribution in [0.3, 0.4) is 0 Å². The lowest BCUT2D eigenvalue weighted by Crippen LogP contribution is -2.28. The molecule has 2 aliphatic carbocycles. The topological polar surface area (TPSA) is 32.3 Å². The van der Waals surface area contributed by atoms with Crippen molar-refractivity contribution >= 4 is 0 Å². The molecule has 0 radical (unpaired) electrons. The van der Waals surface area contributed by atoms with Crippen LogP contribution in [-0.2, 0) is 0 Å². The van der Waals surface area contributed by atoms with Crippen LogP contribution in [0.15, 0.2) is 23.5 Å². The summed E-state index contributed by atoms with van der Waals surface area (Å²) in [6.07, 6.45) is 11.7. The Balaban J connectivity index is 1.66. The van der Waals surface area contributed by atoms with Crippen molar-refractivity contribution < 1.29 is 5.11 Å². The second-order valence-electron chi connectivity index (χ2n) is 5.65. The van der Waals surface area contributed by atoms with Crippen molar-refractivity contribution in [2.75, 3.05) is 13.1 Å². The van der Waals surface area contributed by atoms with Crippen LogP contribution in [0.2, 0.25) is 0 Å². The molecule has 0 aromatic carbocycles. The third-order valence-electron chi connectivity index (χ3n) is 4.11. The van der Waals surface area contributed by atoms with Crippen molar-refractivity contribution in [3.05, 3.63) is 23.5 Å². The number of allylic oxidation sites excluding steroid dienone is 2. The predicted molar refractivity (Wildman–Crippen MR) is 72.0 cm³/mol. The molecular formula is C15H25NO. The number of aliphatic hydroxyl groups excluding tert-OH is 1. The summed E-state index contributed by atoms with van der Waals surface area (Å²) in [5.41, 5.74) is 1.08. The van der Waals surface area contributed by atoms with Crippen molar-refractivity contribution in [1.82, 2.24) is 5.32 Å². The van der Waals surface area contributed by atoms with Crippen LogP contribution in [0, 0.1) is 11.8 Å². The van der Waals surface area contributed by atoms with Crippen molar-refractivity contribution in [3.8, 4) is 0 Å². The second-order valence-corrected chi connectivity index (χ2v) is 5.65. The Morgan fingerprint density at radius 3 is 2.59 bits per heavy atom. The summed E-state index contributed by atoms with van der Waals surface area (Å²) in [6.45, 7) is 4.30. The van der Waals surface area contributed by atoms with Crippen LogP contribution in [0.4, 0.5) is 0 Å². The summed E-state index contributed by atoms with van der Waals surface area (Å²) in [4.78, 5) is 0. The summed E-state index contributed by atoms with van der Waals surface area (Å²) in [7, 11) is 0. The van der Waals surface area contributed by atoms with Gasteiger partial charge >= 0.3 is 0 Å². The van der Waals surface area contributed by atoms with Crippen molar-refractivity contribution in [2.24, 2.45) is 11.8 Å². The Morgan fingerprint density at radius 1 is 1.18 bits per heavy atom. The van der Waals surface area contributed by atoms with E-state index in [4.69, 9.17) is 0 Å². The van der Waals surface area contributed by atoms with Gasteiger partial charge in [0.15, 0.2) is 0 Å². The zero-order chi connectivity index (χ0) is 12.1. The fraction of sp³-hybridized carbons (Fsp3) is 0.733. The van der Waals surface area contributed by atoms with E-state index in [1.807, 2.05) is 6.08 Å². The highest BCUT2D eigenvalue weighted by molar-refractivity contribution is 5.28. The van der Waals surface area contributed by atoms with Gasteiger partial charge in [-0.3, -0.25) is 0 Å². The molecule has 0 atom stereocenters. The van der Waals surface area contributed by atoms with Gasteiger partial charge in [-0.25, -0.2) is 0 Å². The SMILES string of the molecule is CC1CCC(CNCC2=CCCC=C2O)CC1. The Morgan fingerprint density at radius 2 is 1.88 bits per heavy atom. The van der Waals surface area contributed by atoms with Crippen LogP contribution in [0.25, 0.3) is 0 Å². The molecule has 0 heterocycles. The Labute approximate surface area is 105 Å². The molecule has 0 spiro atoms. The number of hydrogen-bond donors (Lipinski definition) is 2. The average Bonchev–Trinajstić information content (AvgIpc) is 2.34. The molecule has 1 saturated carbocycles. The molecule has 96 valence electrons.